The highest BCUT2D eigenvalue weighted by Gasteiger charge is 2.31. The van der Waals surface area contributed by atoms with Crippen LogP contribution in [-0.4, -0.2) is 36.4 Å². The third-order valence-corrected chi connectivity index (χ3v) is 4.41. The van der Waals surface area contributed by atoms with Gasteiger partial charge in [0.25, 0.3) is 5.91 Å². The molecule has 4 nitrogen and oxygen atoms in total. The Hall–Kier alpha value is -2.36. The molecule has 1 atom stereocenters. The molecule has 4 heteroatoms. The van der Waals surface area contributed by atoms with Gasteiger partial charge in [-0.2, -0.15) is 0 Å². The van der Waals surface area contributed by atoms with Crippen molar-refractivity contribution in [2.45, 2.75) is 25.8 Å². The third-order valence-electron chi connectivity index (χ3n) is 4.41. The Morgan fingerprint density at radius 1 is 1.26 bits per heavy atom. The first-order valence-electron chi connectivity index (χ1n) is 8.08. The molecule has 0 N–H and O–H groups in total. The fourth-order valence-electron chi connectivity index (χ4n) is 3.34. The second-order valence-electron chi connectivity index (χ2n) is 6.33. The van der Waals surface area contributed by atoms with Crippen LogP contribution in [0.2, 0.25) is 0 Å². The van der Waals surface area contributed by atoms with E-state index >= 15 is 0 Å². The summed E-state index contributed by atoms with van der Waals surface area (Å²) in [6.07, 6.45) is 3.96. The molecule has 0 aliphatic carbocycles. The summed E-state index contributed by atoms with van der Waals surface area (Å²) in [5.74, 6) is 1.09. The fraction of sp³-hybridized carbons (Fsp3) is 0.368. The Morgan fingerprint density at radius 3 is 2.65 bits per heavy atom. The molecule has 23 heavy (non-hydrogen) atoms. The lowest BCUT2D eigenvalue weighted by atomic mass is 10.0. The van der Waals surface area contributed by atoms with Crippen LogP contribution in [0.3, 0.4) is 0 Å². The normalized spacial score (nSPS) is 17.3. The van der Waals surface area contributed by atoms with Crippen molar-refractivity contribution in [1.82, 2.24) is 9.88 Å². The van der Waals surface area contributed by atoms with Gasteiger partial charge < -0.3 is 9.80 Å². The number of anilines is 1. The highest BCUT2D eigenvalue weighted by Crippen LogP contribution is 2.34. The molecule has 0 radical (unpaired) electrons. The van der Waals surface area contributed by atoms with Crippen LogP contribution in [0, 0.1) is 6.92 Å². The molecule has 1 unspecified atom stereocenters. The van der Waals surface area contributed by atoms with E-state index in [9.17, 15) is 4.79 Å². The van der Waals surface area contributed by atoms with Crippen LogP contribution in [0.25, 0.3) is 0 Å². The lowest BCUT2D eigenvalue weighted by Crippen LogP contribution is -2.30. The Bertz CT molecular complexity index is 697. The van der Waals surface area contributed by atoms with Crippen molar-refractivity contribution in [2.75, 3.05) is 25.5 Å². The number of hydrogen-bond acceptors (Lipinski definition) is 3. The van der Waals surface area contributed by atoms with Gasteiger partial charge in [0.1, 0.15) is 5.82 Å². The molecule has 1 amide bonds. The van der Waals surface area contributed by atoms with E-state index in [2.05, 4.69) is 18.0 Å². The number of nitrogens with zero attached hydrogens (tertiary/aromatic N) is 3. The van der Waals surface area contributed by atoms with Gasteiger partial charge in [0.15, 0.2) is 0 Å². The maximum Gasteiger partial charge on any atom is 0.254 e. The highest BCUT2D eigenvalue weighted by molar-refractivity contribution is 5.94. The molecule has 120 valence electrons. The molecular formula is C19H23N3O. The van der Waals surface area contributed by atoms with Gasteiger partial charge in [-0.3, -0.25) is 4.79 Å². The predicted molar refractivity (Wildman–Crippen MR) is 92.8 cm³/mol. The summed E-state index contributed by atoms with van der Waals surface area (Å²) in [4.78, 5) is 21.4. The number of aromatic nitrogens is 1. The van der Waals surface area contributed by atoms with E-state index in [1.165, 1.54) is 0 Å². The fourth-order valence-corrected chi connectivity index (χ4v) is 3.34. The van der Waals surface area contributed by atoms with E-state index in [4.69, 9.17) is 0 Å². The summed E-state index contributed by atoms with van der Waals surface area (Å²) in [7, 11) is 3.99. The number of rotatable bonds is 3. The monoisotopic (exact) mass is 309 g/mol. The quantitative estimate of drug-likeness (QED) is 0.871. The van der Waals surface area contributed by atoms with Gasteiger partial charge in [0, 0.05) is 32.4 Å². The number of carbonyl (C=O) groups excluding carboxylic acids is 1. The van der Waals surface area contributed by atoms with Gasteiger partial charge in [-0.25, -0.2) is 4.98 Å². The molecule has 0 saturated carbocycles. The van der Waals surface area contributed by atoms with Crippen LogP contribution in [0.15, 0.2) is 42.6 Å². The zero-order valence-corrected chi connectivity index (χ0v) is 14.0. The summed E-state index contributed by atoms with van der Waals surface area (Å²) in [6, 6.07) is 11.8. The van der Waals surface area contributed by atoms with Gasteiger partial charge in [-0.1, -0.05) is 18.2 Å². The number of aryl methyl sites for hydroxylation is 1. The lowest BCUT2D eigenvalue weighted by molar-refractivity contribution is 0.0735. The van der Waals surface area contributed by atoms with Crippen LogP contribution in [0.4, 0.5) is 5.82 Å². The average Bonchev–Trinajstić information content (AvgIpc) is 3.04. The second kappa shape index (κ2) is 6.41. The number of amides is 1. The number of benzene rings is 1. The van der Waals surface area contributed by atoms with E-state index in [1.807, 2.05) is 60.4 Å². The SMILES string of the molecule is Cc1cc(C2CCCN2C(=O)c2ccccc2)cnc1N(C)C. The maximum absolute atomic E-state index is 12.8. The molecule has 2 aromatic rings. The summed E-state index contributed by atoms with van der Waals surface area (Å²) in [5, 5.41) is 0. The van der Waals surface area contributed by atoms with Gasteiger partial charge in [0.2, 0.25) is 0 Å². The molecule has 2 heterocycles. The molecule has 1 aliphatic heterocycles. The molecule has 0 bridgehead atoms. The molecule has 1 aliphatic rings. The zero-order valence-electron chi connectivity index (χ0n) is 14.0. The van der Waals surface area contributed by atoms with Crippen LogP contribution in [0.5, 0.6) is 0 Å². The van der Waals surface area contributed by atoms with Crippen LogP contribution < -0.4 is 4.90 Å². The van der Waals surface area contributed by atoms with Gasteiger partial charge >= 0.3 is 0 Å². The van der Waals surface area contributed by atoms with Crippen LogP contribution in [-0.2, 0) is 0 Å². The molecule has 3 rings (SSSR count). The number of carbonyl (C=O) groups is 1. The van der Waals surface area contributed by atoms with E-state index in [-0.39, 0.29) is 11.9 Å². The molecular weight excluding hydrogens is 286 g/mol. The summed E-state index contributed by atoms with van der Waals surface area (Å²) in [6.45, 7) is 2.89. The Morgan fingerprint density at radius 2 is 2.00 bits per heavy atom. The van der Waals surface area contributed by atoms with Crippen molar-refractivity contribution in [3.8, 4) is 0 Å². The standard InChI is InChI=1S/C19H23N3O/c1-14-12-16(13-20-18(14)21(2)3)17-10-7-11-22(17)19(23)15-8-5-4-6-9-15/h4-6,8-9,12-13,17H,7,10-11H2,1-3H3. The maximum atomic E-state index is 12.8. The number of hydrogen-bond donors (Lipinski definition) is 0. The van der Waals surface area contributed by atoms with Gasteiger partial charge in [-0.15, -0.1) is 0 Å². The number of likely N-dealkylation sites (tertiary alicyclic amines) is 1. The largest absolute Gasteiger partial charge is 0.363 e. The third kappa shape index (κ3) is 3.07. The predicted octanol–water partition coefficient (Wildman–Crippen LogP) is 3.43. The average molecular weight is 309 g/mol. The summed E-state index contributed by atoms with van der Waals surface area (Å²) in [5.41, 5.74) is 3.04. The van der Waals surface area contributed by atoms with Crippen molar-refractivity contribution in [3.63, 3.8) is 0 Å². The molecule has 1 aromatic heterocycles. The Kier molecular flexibility index (Phi) is 4.33. The van der Waals surface area contributed by atoms with E-state index in [0.717, 1.165) is 41.9 Å². The van der Waals surface area contributed by atoms with Crippen LogP contribution >= 0.6 is 0 Å². The first kappa shape index (κ1) is 15.5. The second-order valence-corrected chi connectivity index (χ2v) is 6.33. The highest BCUT2D eigenvalue weighted by atomic mass is 16.2. The molecule has 1 fully saturated rings. The van der Waals surface area contributed by atoms with E-state index in [0.29, 0.717) is 0 Å². The number of pyridine rings is 1. The van der Waals surface area contributed by atoms with Gasteiger partial charge in [0.05, 0.1) is 6.04 Å². The minimum absolute atomic E-state index is 0.113. The van der Waals surface area contributed by atoms with Crippen molar-refractivity contribution >= 4 is 11.7 Å². The topological polar surface area (TPSA) is 36.4 Å². The molecule has 1 aromatic carbocycles. The van der Waals surface area contributed by atoms with Crippen molar-refractivity contribution in [3.05, 3.63) is 59.3 Å². The van der Waals surface area contributed by atoms with Crippen molar-refractivity contribution in [2.24, 2.45) is 0 Å². The van der Waals surface area contributed by atoms with E-state index < -0.39 is 0 Å². The summed E-state index contributed by atoms with van der Waals surface area (Å²) < 4.78 is 0. The first-order chi connectivity index (χ1) is 11.1. The smallest absolute Gasteiger partial charge is 0.254 e. The van der Waals surface area contributed by atoms with Crippen molar-refractivity contribution < 1.29 is 4.79 Å². The van der Waals surface area contributed by atoms with Crippen LogP contribution in [0.1, 0.15) is 40.4 Å². The molecule has 1 saturated heterocycles. The minimum Gasteiger partial charge on any atom is -0.363 e. The Balaban J connectivity index is 1.87. The molecule has 0 spiro atoms. The first-order valence-corrected chi connectivity index (χ1v) is 8.08. The minimum atomic E-state index is 0.113. The van der Waals surface area contributed by atoms with E-state index in [1.54, 1.807) is 0 Å². The lowest BCUT2D eigenvalue weighted by Gasteiger charge is -2.26. The van der Waals surface area contributed by atoms with Gasteiger partial charge in [-0.05, 0) is 49.1 Å². The Labute approximate surface area is 137 Å². The summed E-state index contributed by atoms with van der Waals surface area (Å²) >= 11 is 0. The van der Waals surface area contributed by atoms with Crippen molar-refractivity contribution in [1.29, 1.82) is 0 Å². The zero-order chi connectivity index (χ0) is 16.4.